The predicted molar refractivity (Wildman–Crippen MR) is 65.6 cm³/mol. The summed E-state index contributed by atoms with van der Waals surface area (Å²) in [6, 6.07) is 0. The van der Waals surface area contributed by atoms with E-state index < -0.39 is 12.7 Å². The number of halogens is 4. The minimum Gasteiger partial charge on any atom is -0.317 e. The smallest absolute Gasteiger partial charge is 0.317 e. The van der Waals surface area contributed by atoms with Gasteiger partial charge < -0.3 is 5.32 Å². The first kappa shape index (κ1) is 17.0. The Labute approximate surface area is 107 Å². The molecule has 1 saturated heterocycles. The standard InChI is InChI=1S/C11H21F3N2.ClH/c1-2-16(9-11(12,13)14)8-5-10-3-6-15-7-4-10;/h10,15H,2-9H2,1H3;1H. The van der Waals surface area contributed by atoms with Crippen LogP contribution >= 0.6 is 12.4 Å². The molecule has 1 aliphatic heterocycles. The van der Waals surface area contributed by atoms with Crippen molar-refractivity contribution < 1.29 is 13.2 Å². The Kier molecular flexibility index (Phi) is 8.16. The third-order valence-electron chi connectivity index (χ3n) is 3.16. The van der Waals surface area contributed by atoms with Crippen molar-refractivity contribution in [2.24, 2.45) is 5.92 Å². The summed E-state index contributed by atoms with van der Waals surface area (Å²) in [5.74, 6) is 0.600. The number of nitrogens with zero attached hydrogens (tertiary/aromatic N) is 1. The lowest BCUT2D eigenvalue weighted by Gasteiger charge is -2.27. The molecule has 2 nitrogen and oxygen atoms in total. The van der Waals surface area contributed by atoms with Crippen LogP contribution in [0.5, 0.6) is 0 Å². The largest absolute Gasteiger partial charge is 0.401 e. The van der Waals surface area contributed by atoms with Crippen LogP contribution in [0.15, 0.2) is 0 Å². The van der Waals surface area contributed by atoms with E-state index in [-0.39, 0.29) is 12.4 Å². The zero-order chi connectivity index (χ0) is 12.0. The van der Waals surface area contributed by atoms with Gasteiger partial charge in [-0.05, 0) is 51.4 Å². The molecule has 0 unspecified atom stereocenters. The first-order chi connectivity index (χ1) is 7.51. The SMILES string of the molecule is CCN(CCC1CCNCC1)CC(F)(F)F.Cl. The third kappa shape index (κ3) is 7.84. The zero-order valence-corrected chi connectivity index (χ0v) is 11.0. The second kappa shape index (κ2) is 8.16. The molecular formula is C11H22ClF3N2. The van der Waals surface area contributed by atoms with Crippen molar-refractivity contribution >= 4 is 12.4 Å². The van der Waals surface area contributed by atoms with E-state index in [0.29, 0.717) is 19.0 Å². The molecule has 0 aliphatic carbocycles. The summed E-state index contributed by atoms with van der Waals surface area (Å²) in [6.07, 6.45) is -0.969. The van der Waals surface area contributed by atoms with Crippen LogP contribution in [0.2, 0.25) is 0 Å². The molecule has 0 spiro atoms. The van der Waals surface area contributed by atoms with Crippen molar-refractivity contribution in [3.05, 3.63) is 0 Å². The van der Waals surface area contributed by atoms with Crippen LogP contribution in [-0.2, 0) is 0 Å². The van der Waals surface area contributed by atoms with Crippen molar-refractivity contribution in [2.75, 3.05) is 32.7 Å². The molecule has 1 heterocycles. The van der Waals surface area contributed by atoms with Crippen LogP contribution in [0.1, 0.15) is 26.2 Å². The number of hydrogen-bond acceptors (Lipinski definition) is 2. The maximum atomic E-state index is 12.2. The van der Waals surface area contributed by atoms with Gasteiger partial charge in [-0.2, -0.15) is 13.2 Å². The molecule has 0 amide bonds. The van der Waals surface area contributed by atoms with Crippen molar-refractivity contribution in [1.82, 2.24) is 10.2 Å². The molecule has 0 aromatic heterocycles. The van der Waals surface area contributed by atoms with Crippen LogP contribution in [0.25, 0.3) is 0 Å². The fourth-order valence-electron chi connectivity index (χ4n) is 2.14. The van der Waals surface area contributed by atoms with Crippen LogP contribution in [0.3, 0.4) is 0 Å². The Morgan fingerprint density at radius 3 is 2.29 bits per heavy atom. The molecule has 0 aromatic rings. The summed E-state index contributed by atoms with van der Waals surface area (Å²) in [6.45, 7) is 4.08. The molecule has 0 radical (unpaired) electrons. The van der Waals surface area contributed by atoms with Gasteiger partial charge in [-0.25, -0.2) is 0 Å². The van der Waals surface area contributed by atoms with Gasteiger partial charge in [0.1, 0.15) is 0 Å². The molecule has 0 atom stereocenters. The van der Waals surface area contributed by atoms with Crippen molar-refractivity contribution in [3.8, 4) is 0 Å². The Balaban J connectivity index is 0.00000256. The van der Waals surface area contributed by atoms with Gasteiger partial charge in [0.05, 0.1) is 6.54 Å². The second-order valence-corrected chi connectivity index (χ2v) is 4.47. The summed E-state index contributed by atoms with van der Waals surface area (Å²) in [4.78, 5) is 1.49. The molecule has 0 saturated carbocycles. The van der Waals surface area contributed by atoms with Crippen LogP contribution in [0, 0.1) is 5.92 Å². The summed E-state index contributed by atoms with van der Waals surface area (Å²) in [5.41, 5.74) is 0. The van der Waals surface area contributed by atoms with E-state index in [1.165, 1.54) is 4.90 Å². The maximum Gasteiger partial charge on any atom is 0.401 e. The lowest BCUT2D eigenvalue weighted by molar-refractivity contribution is -0.145. The molecular weight excluding hydrogens is 253 g/mol. The number of piperidine rings is 1. The minimum atomic E-state index is -4.07. The summed E-state index contributed by atoms with van der Waals surface area (Å²) < 4.78 is 36.6. The topological polar surface area (TPSA) is 15.3 Å². The van der Waals surface area contributed by atoms with Crippen molar-refractivity contribution in [3.63, 3.8) is 0 Å². The molecule has 1 fully saturated rings. The molecule has 1 rings (SSSR count). The fourth-order valence-corrected chi connectivity index (χ4v) is 2.14. The van der Waals surface area contributed by atoms with E-state index in [4.69, 9.17) is 0 Å². The highest BCUT2D eigenvalue weighted by Gasteiger charge is 2.30. The number of alkyl halides is 3. The van der Waals surface area contributed by atoms with E-state index in [1.54, 1.807) is 6.92 Å². The van der Waals surface area contributed by atoms with Gasteiger partial charge >= 0.3 is 6.18 Å². The Bertz CT molecular complexity index is 194. The average Bonchev–Trinajstić information content (AvgIpc) is 2.24. The summed E-state index contributed by atoms with van der Waals surface area (Å²) in [5, 5.41) is 3.26. The first-order valence-electron chi connectivity index (χ1n) is 6.01. The number of nitrogens with one attached hydrogen (secondary N) is 1. The van der Waals surface area contributed by atoms with E-state index >= 15 is 0 Å². The highest BCUT2D eigenvalue weighted by atomic mass is 35.5. The van der Waals surface area contributed by atoms with Crippen LogP contribution in [0.4, 0.5) is 13.2 Å². The molecule has 0 bridgehead atoms. The Morgan fingerprint density at radius 1 is 1.24 bits per heavy atom. The van der Waals surface area contributed by atoms with Crippen LogP contribution in [-0.4, -0.2) is 43.8 Å². The fraction of sp³-hybridized carbons (Fsp3) is 1.00. The van der Waals surface area contributed by atoms with E-state index in [2.05, 4.69) is 5.32 Å². The highest BCUT2D eigenvalue weighted by Crippen LogP contribution is 2.19. The number of hydrogen-bond donors (Lipinski definition) is 1. The quantitative estimate of drug-likeness (QED) is 0.829. The molecule has 104 valence electrons. The highest BCUT2D eigenvalue weighted by molar-refractivity contribution is 5.85. The van der Waals surface area contributed by atoms with Crippen molar-refractivity contribution in [1.29, 1.82) is 0 Å². The zero-order valence-electron chi connectivity index (χ0n) is 10.2. The first-order valence-corrected chi connectivity index (χ1v) is 6.01. The summed E-state index contributed by atoms with van der Waals surface area (Å²) in [7, 11) is 0. The molecule has 6 heteroatoms. The van der Waals surface area contributed by atoms with Crippen molar-refractivity contribution in [2.45, 2.75) is 32.4 Å². The van der Waals surface area contributed by atoms with Gasteiger partial charge in [0.25, 0.3) is 0 Å². The second-order valence-electron chi connectivity index (χ2n) is 4.47. The molecule has 0 aromatic carbocycles. The average molecular weight is 275 g/mol. The normalized spacial score (nSPS) is 18.2. The number of rotatable bonds is 5. The van der Waals surface area contributed by atoms with E-state index in [9.17, 15) is 13.2 Å². The predicted octanol–water partition coefficient (Wildman–Crippen LogP) is 2.68. The lowest BCUT2D eigenvalue weighted by atomic mass is 9.94. The van der Waals surface area contributed by atoms with E-state index in [1.807, 2.05) is 0 Å². The van der Waals surface area contributed by atoms with Gasteiger partial charge in [-0.1, -0.05) is 6.92 Å². The van der Waals surface area contributed by atoms with Gasteiger partial charge in [-0.3, -0.25) is 4.90 Å². The maximum absolute atomic E-state index is 12.2. The molecule has 1 N–H and O–H groups in total. The van der Waals surface area contributed by atoms with Gasteiger partial charge in [0.15, 0.2) is 0 Å². The minimum absolute atomic E-state index is 0. The van der Waals surface area contributed by atoms with Gasteiger partial charge in [0, 0.05) is 0 Å². The van der Waals surface area contributed by atoms with Gasteiger partial charge in [-0.15, -0.1) is 12.4 Å². The Morgan fingerprint density at radius 2 is 1.82 bits per heavy atom. The van der Waals surface area contributed by atoms with Crippen LogP contribution < -0.4 is 5.32 Å². The summed E-state index contributed by atoms with van der Waals surface area (Å²) >= 11 is 0. The third-order valence-corrected chi connectivity index (χ3v) is 3.16. The monoisotopic (exact) mass is 274 g/mol. The molecule has 17 heavy (non-hydrogen) atoms. The molecule has 1 aliphatic rings. The van der Waals surface area contributed by atoms with E-state index in [0.717, 1.165) is 32.4 Å². The lowest BCUT2D eigenvalue weighted by Crippen LogP contribution is -2.36. The Hall–Kier alpha value is -0.0000000000000000555. The van der Waals surface area contributed by atoms with Gasteiger partial charge in [0.2, 0.25) is 0 Å².